The Kier molecular flexibility index (Phi) is 7.15. The van der Waals surface area contributed by atoms with Crippen molar-refractivity contribution in [2.45, 2.75) is 38.0 Å². The number of fused-ring (bicyclic) bond motifs is 1. The summed E-state index contributed by atoms with van der Waals surface area (Å²) in [7, 11) is 1.41. The predicted molar refractivity (Wildman–Crippen MR) is 126 cm³/mol. The number of benzene rings is 3. The van der Waals surface area contributed by atoms with E-state index in [1.54, 1.807) is 12.1 Å². The number of nitrogens with one attached hydrogen (secondary N) is 1. The second-order valence-electron chi connectivity index (χ2n) is 8.11. The Morgan fingerprint density at radius 3 is 2.55 bits per heavy atom. The first kappa shape index (κ1) is 22.7. The summed E-state index contributed by atoms with van der Waals surface area (Å²) in [6.07, 6.45) is 1.07. The van der Waals surface area contributed by atoms with Crippen molar-refractivity contribution in [2.24, 2.45) is 0 Å². The molecule has 3 aromatic carbocycles. The van der Waals surface area contributed by atoms with Gasteiger partial charge < -0.3 is 19.3 Å². The highest BCUT2D eigenvalue weighted by Crippen LogP contribution is 2.37. The maximum absolute atomic E-state index is 12.6. The third-order valence-corrected chi connectivity index (χ3v) is 5.87. The summed E-state index contributed by atoms with van der Waals surface area (Å²) in [6.45, 7) is 2.46. The Morgan fingerprint density at radius 2 is 1.85 bits per heavy atom. The maximum atomic E-state index is 12.6. The highest BCUT2D eigenvalue weighted by atomic mass is 16.6. The van der Waals surface area contributed by atoms with Crippen LogP contribution in [-0.4, -0.2) is 30.8 Å². The average molecular weight is 448 g/mol. The van der Waals surface area contributed by atoms with Crippen LogP contribution in [-0.2, 0) is 16.0 Å². The lowest BCUT2D eigenvalue weighted by Crippen LogP contribution is -2.41. The molecule has 3 unspecified atom stereocenters. The molecule has 6 nitrogen and oxygen atoms in total. The number of phenols is 1. The topological polar surface area (TPSA) is 77.0 Å². The fourth-order valence-corrected chi connectivity index (χ4v) is 4.06. The average Bonchev–Trinajstić information content (AvgIpc) is 2.86. The SMILES string of the molecule is CCC(NC(Cc1ccc2c(c1)OCC(c1ccc(O)cc1)O2)C(=O)OC)c1ccccc1. The quantitative estimate of drug-likeness (QED) is 0.486. The first-order valence-electron chi connectivity index (χ1n) is 11.2. The van der Waals surface area contributed by atoms with Gasteiger partial charge in [-0.25, -0.2) is 0 Å². The van der Waals surface area contributed by atoms with Crippen LogP contribution >= 0.6 is 0 Å². The van der Waals surface area contributed by atoms with Crippen LogP contribution in [0.2, 0.25) is 0 Å². The summed E-state index contributed by atoms with van der Waals surface area (Å²) in [6, 6.07) is 22.3. The van der Waals surface area contributed by atoms with Gasteiger partial charge in [0.05, 0.1) is 7.11 Å². The Labute approximate surface area is 194 Å². The molecule has 3 aromatic rings. The fourth-order valence-electron chi connectivity index (χ4n) is 4.06. The molecule has 3 atom stereocenters. The monoisotopic (exact) mass is 447 g/mol. The van der Waals surface area contributed by atoms with Gasteiger partial charge in [0.15, 0.2) is 17.6 Å². The Bertz CT molecular complexity index is 1070. The molecule has 0 saturated heterocycles. The van der Waals surface area contributed by atoms with Crippen LogP contribution in [0.25, 0.3) is 0 Å². The largest absolute Gasteiger partial charge is 0.508 e. The summed E-state index contributed by atoms with van der Waals surface area (Å²) in [5.41, 5.74) is 3.02. The van der Waals surface area contributed by atoms with Crippen molar-refractivity contribution in [1.82, 2.24) is 5.32 Å². The van der Waals surface area contributed by atoms with Crippen molar-refractivity contribution in [3.63, 3.8) is 0 Å². The number of methoxy groups -OCH3 is 1. The highest BCUT2D eigenvalue weighted by Gasteiger charge is 2.26. The Morgan fingerprint density at radius 1 is 1.09 bits per heavy atom. The van der Waals surface area contributed by atoms with E-state index in [4.69, 9.17) is 14.2 Å². The van der Waals surface area contributed by atoms with E-state index in [0.717, 1.165) is 23.1 Å². The number of phenolic OH excluding ortho intramolecular Hbond substituents is 1. The number of aromatic hydroxyl groups is 1. The first-order chi connectivity index (χ1) is 16.1. The van der Waals surface area contributed by atoms with Crippen molar-refractivity contribution in [1.29, 1.82) is 0 Å². The van der Waals surface area contributed by atoms with Gasteiger partial charge in [-0.1, -0.05) is 55.5 Å². The number of carbonyl (C=O) groups is 1. The van der Waals surface area contributed by atoms with Crippen LogP contribution in [0.15, 0.2) is 72.8 Å². The van der Waals surface area contributed by atoms with Gasteiger partial charge >= 0.3 is 5.97 Å². The van der Waals surface area contributed by atoms with E-state index >= 15 is 0 Å². The van der Waals surface area contributed by atoms with Crippen LogP contribution in [0.5, 0.6) is 17.2 Å². The lowest BCUT2D eigenvalue weighted by atomic mass is 10.00. The molecule has 1 aliphatic rings. The van der Waals surface area contributed by atoms with Crippen LogP contribution in [0.4, 0.5) is 0 Å². The van der Waals surface area contributed by atoms with E-state index in [0.29, 0.717) is 24.5 Å². The van der Waals surface area contributed by atoms with Gasteiger partial charge in [0.2, 0.25) is 0 Å². The predicted octanol–water partition coefficient (Wildman–Crippen LogP) is 4.73. The molecule has 1 heterocycles. The molecule has 0 bridgehead atoms. The van der Waals surface area contributed by atoms with E-state index in [1.165, 1.54) is 7.11 Å². The molecular formula is C27H29NO5. The van der Waals surface area contributed by atoms with Gasteiger partial charge in [0.1, 0.15) is 18.4 Å². The minimum absolute atomic E-state index is 0.0403. The van der Waals surface area contributed by atoms with Crippen molar-refractivity contribution >= 4 is 5.97 Å². The van der Waals surface area contributed by atoms with Crippen molar-refractivity contribution in [3.8, 4) is 17.2 Å². The summed E-state index contributed by atoms with van der Waals surface area (Å²) in [5.74, 6) is 1.22. The van der Waals surface area contributed by atoms with Gasteiger partial charge in [0.25, 0.3) is 0 Å². The van der Waals surface area contributed by atoms with Crippen molar-refractivity contribution in [3.05, 3.63) is 89.5 Å². The zero-order valence-corrected chi connectivity index (χ0v) is 18.9. The molecule has 33 heavy (non-hydrogen) atoms. The van der Waals surface area contributed by atoms with Crippen LogP contribution in [0.3, 0.4) is 0 Å². The van der Waals surface area contributed by atoms with Crippen molar-refractivity contribution < 1.29 is 24.1 Å². The minimum atomic E-state index is -0.493. The molecule has 0 saturated carbocycles. The zero-order valence-electron chi connectivity index (χ0n) is 18.9. The normalized spacial score (nSPS) is 16.6. The molecule has 0 aromatic heterocycles. The van der Waals surface area contributed by atoms with Gasteiger partial charge in [0, 0.05) is 6.04 Å². The summed E-state index contributed by atoms with van der Waals surface area (Å²) < 4.78 is 17.2. The molecule has 1 aliphatic heterocycles. The van der Waals surface area contributed by atoms with E-state index in [-0.39, 0.29) is 23.9 Å². The number of rotatable bonds is 8. The molecule has 4 rings (SSSR count). The number of carbonyl (C=O) groups excluding carboxylic acids is 1. The second kappa shape index (κ2) is 10.4. The van der Waals surface area contributed by atoms with Crippen molar-refractivity contribution in [2.75, 3.05) is 13.7 Å². The lowest BCUT2D eigenvalue weighted by Gasteiger charge is -2.28. The Hall–Kier alpha value is -3.51. The van der Waals surface area contributed by atoms with Gasteiger partial charge in [-0.15, -0.1) is 0 Å². The lowest BCUT2D eigenvalue weighted by molar-refractivity contribution is -0.143. The molecule has 0 spiro atoms. The highest BCUT2D eigenvalue weighted by molar-refractivity contribution is 5.76. The maximum Gasteiger partial charge on any atom is 0.323 e. The minimum Gasteiger partial charge on any atom is -0.508 e. The van der Waals surface area contributed by atoms with Gasteiger partial charge in [-0.2, -0.15) is 0 Å². The third kappa shape index (κ3) is 5.46. The van der Waals surface area contributed by atoms with Crippen LogP contribution in [0, 0.1) is 0 Å². The van der Waals surface area contributed by atoms with E-state index in [1.807, 2.05) is 48.5 Å². The van der Waals surface area contributed by atoms with E-state index in [2.05, 4.69) is 24.4 Å². The molecule has 0 aliphatic carbocycles. The molecule has 0 fully saturated rings. The van der Waals surface area contributed by atoms with E-state index < -0.39 is 6.04 Å². The molecular weight excluding hydrogens is 418 g/mol. The van der Waals surface area contributed by atoms with E-state index in [9.17, 15) is 9.90 Å². The standard InChI is InChI=1S/C27H29NO5/c1-3-22(19-7-5-4-6-8-19)28-23(27(30)31-2)15-18-9-14-24-25(16-18)32-17-26(33-24)20-10-12-21(29)13-11-20/h4-14,16,22-23,26,28-29H,3,15,17H2,1-2H3. The molecule has 2 N–H and O–H groups in total. The number of ether oxygens (including phenoxy) is 3. The molecule has 6 heteroatoms. The molecule has 0 radical (unpaired) electrons. The second-order valence-corrected chi connectivity index (χ2v) is 8.11. The number of esters is 1. The van der Waals surface area contributed by atoms with Gasteiger partial charge in [-0.05, 0) is 53.8 Å². The van der Waals surface area contributed by atoms with Crippen LogP contribution in [0.1, 0.15) is 42.2 Å². The summed E-state index contributed by atoms with van der Waals surface area (Å²) >= 11 is 0. The third-order valence-electron chi connectivity index (χ3n) is 5.87. The Balaban J connectivity index is 1.48. The summed E-state index contributed by atoms with van der Waals surface area (Å²) in [5, 5.41) is 13.0. The summed E-state index contributed by atoms with van der Waals surface area (Å²) in [4.78, 5) is 12.6. The number of hydrogen-bond donors (Lipinski definition) is 2. The molecule has 172 valence electrons. The smallest absolute Gasteiger partial charge is 0.323 e. The van der Waals surface area contributed by atoms with Crippen LogP contribution < -0.4 is 14.8 Å². The van der Waals surface area contributed by atoms with Gasteiger partial charge in [-0.3, -0.25) is 10.1 Å². The number of hydrogen-bond acceptors (Lipinski definition) is 6. The molecule has 0 amide bonds. The fraction of sp³-hybridized carbons (Fsp3) is 0.296. The first-order valence-corrected chi connectivity index (χ1v) is 11.2. The zero-order chi connectivity index (χ0) is 23.2.